The fourth-order valence-corrected chi connectivity index (χ4v) is 5.76. The molecule has 1 heterocycles. The van der Waals surface area contributed by atoms with Crippen LogP contribution in [0, 0.1) is 35.5 Å². The van der Waals surface area contributed by atoms with Crippen LogP contribution < -0.4 is 5.32 Å². The molecule has 6 atom stereocenters. The van der Waals surface area contributed by atoms with Crippen LogP contribution in [0.1, 0.15) is 43.0 Å². The Bertz CT molecular complexity index is 949. The van der Waals surface area contributed by atoms with Crippen molar-refractivity contribution in [1.29, 1.82) is 0 Å². The van der Waals surface area contributed by atoms with Gasteiger partial charge in [-0.25, -0.2) is 4.79 Å². The molecule has 2 saturated carbocycles. The van der Waals surface area contributed by atoms with Gasteiger partial charge in [0.15, 0.2) is 0 Å². The van der Waals surface area contributed by atoms with Gasteiger partial charge in [-0.3, -0.25) is 19.3 Å². The van der Waals surface area contributed by atoms with Gasteiger partial charge in [0.1, 0.15) is 0 Å². The smallest absolute Gasteiger partial charge is 0.338 e. The van der Waals surface area contributed by atoms with E-state index >= 15 is 0 Å². The van der Waals surface area contributed by atoms with Gasteiger partial charge in [-0.2, -0.15) is 0 Å². The second kappa shape index (κ2) is 8.19. The van der Waals surface area contributed by atoms with Gasteiger partial charge in [-0.05, 0) is 60.8 Å². The van der Waals surface area contributed by atoms with Crippen molar-refractivity contribution in [3.63, 3.8) is 0 Å². The first-order valence-electron chi connectivity index (χ1n) is 11.6. The Morgan fingerprint density at radius 3 is 2.25 bits per heavy atom. The first kappa shape index (κ1) is 20.9. The number of esters is 1. The number of allylic oxidation sites excluding steroid dienone is 2. The molecule has 7 heteroatoms. The van der Waals surface area contributed by atoms with E-state index in [1.165, 1.54) is 4.90 Å². The zero-order chi connectivity index (χ0) is 22.4. The second-order valence-corrected chi connectivity index (χ2v) is 9.35. The summed E-state index contributed by atoms with van der Waals surface area (Å²) in [4.78, 5) is 51.6. The highest BCUT2D eigenvalue weighted by Gasteiger charge is 2.66. The van der Waals surface area contributed by atoms with Gasteiger partial charge in [-0.15, -0.1) is 0 Å². The predicted octanol–water partition coefficient (Wildman–Crippen LogP) is 3.03. The van der Waals surface area contributed by atoms with Crippen molar-refractivity contribution in [2.24, 2.45) is 35.5 Å². The molecule has 3 amide bonds. The van der Waals surface area contributed by atoms with Gasteiger partial charge in [0.2, 0.25) is 17.7 Å². The first-order valence-corrected chi connectivity index (χ1v) is 11.6. The van der Waals surface area contributed by atoms with Crippen molar-refractivity contribution in [2.75, 3.05) is 18.5 Å². The molecule has 6 rings (SSSR count). The number of carbonyl (C=O) groups is 4. The number of nitrogens with zero attached hydrogens (tertiary/aromatic N) is 1. The first-order chi connectivity index (χ1) is 15.5. The largest absolute Gasteiger partial charge is 0.462 e. The molecular weight excluding hydrogens is 408 g/mol. The molecule has 1 aromatic carbocycles. The Kier molecular flexibility index (Phi) is 5.35. The number of unbranched alkanes of at least 4 members (excludes halogenated alkanes) is 1. The third kappa shape index (κ3) is 3.53. The van der Waals surface area contributed by atoms with Gasteiger partial charge in [-0.1, -0.05) is 25.5 Å². The minimum Gasteiger partial charge on any atom is -0.462 e. The zero-order valence-corrected chi connectivity index (χ0v) is 18.2. The standard InChI is InChI=1S/C25H28N2O5/c1-2-3-12-32-25(31)14-4-6-15(7-5-14)26-20(28)10-11-27-23(29)21-16-8-9-17(19-13-18(16)19)22(21)24(27)30/h4-9,16-19,21-22H,2-3,10-13H2,1H3,(H,26,28)/t16-,17-,18-,19-,21+,22+/m1/s1. The maximum absolute atomic E-state index is 13.0. The molecule has 1 saturated heterocycles. The minimum absolute atomic E-state index is 0.0490. The molecular formula is C25H28N2O5. The lowest BCUT2D eigenvalue weighted by Crippen LogP contribution is -2.40. The van der Waals surface area contributed by atoms with Gasteiger partial charge >= 0.3 is 5.97 Å². The molecule has 0 radical (unpaired) electrons. The number of rotatable bonds is 8. The minimum atomic E-state index is -0.384. The fourth-order valence-electron chi connectivity index (χ4n) is 5.76. The van der Waals surface area contributed by atoms with Gasteiger partial charge in [0.25, 0.3) is 0 Å². The average molecular weight is 437 g/mol. The van der Waals surface area contributed by atoms with E-state index in [9.17, 15) is 19.2 Å². The van der Waals surface area contributed by atoms with Crippen LogP contribution in [-0.4, -0.2) is 41.7 Å². The summed E-state index contributed by atoms with van der Waals surface area (Å²) >= 11 is 0. The van der Waals surface area contributed by atoms with Crippen molar-refractivity contribution >= 4 is 29.4 Å². The van der Waals surface area contributed by atoms with E-state index in [2.05, 4.69) is 17.5 Å². The molecule has 2 bridgehead atoms. The van der Waals surface area contributed by atoms with Crippen molar-refractivity contribution in [2.45, 2.75) is 32.6 Å². The highest BCUT2D eigenvalue weighted by molar-refractivity contribution is 6.06. The molecule has 0 unspecified atom stereocenters. The molecule has 0 spiro atoms. The normalized spacial score (nSPS) is 31.3. The van der Waals surface area contributed by atoms with Crippen molar-refractivity contribution in [3.05, 3.63) is 42.0 Å². The molecule has 3 fully saturated rings. The van der Waals surface area contributed by atoms with Crippen LogP contribution in [0.5, 0.6) is 0 Å². The maximum atomic E-state index is 13.0. The lowest BCUT2D eigenvalue weighted by atomic mass is 9.63. The summed E-state index contributed by atoms with van der Waals surface area (Å²) in [7, 11) is 0. The molecule has 32 heavy (non-hydrogen) atoms. The van der Waals surface area contributed by atoms with E-state index < -0.39 is 0 Å². The molecule has 1 aliphatic heterocycles. The predicted molar refractivity (Wildman–Crippen MR) is 116 cm³/mol. The number of amides is 3. The summed E-state index contributed by atoms with van der Waals surface area (Å²) in [5.74, 6) is 0.189. The van der Waals surface area contributed by atoms with Crippen LogP contribution in [-0.2, 0) is 19.1 Å². The number of anilines is 1. The molecule has 1 aromatic rings. The van der Waals surface area contributed by atoms with E-state index in [4.69, 9.17) is 4.74 Å². The number of carbonyl (C=O) groups excluding carboxylic acids is 4. The summed E-state index contributed by atoms with van der Waals surface area (Å²) < 4.78 is 5.17. The van der Waals surface area contributed by atoms with Crippen LogP contribution >= 0.6 is 0 Å². The van der Waals surface area contributed by atoms with Crippen molar-refractivity contribution < 1.29 is 23.9 Å². The lowest BCUT2D eigenvalue weighted by molar-refractivity contribution is -0.140. The topological polar surface area (TPSA) is 92.8 Å². The van der Waals surface area contributed by atoms with Crippen molar-refractivity contribution in [3.8, 4) is 0 Å². The Morgan fingerprint density at radius 1 is 1.03 bits per heavy atom. The Morgan fingerprint density at radius 2 is 1.66 bits per heavy atom. The summed E-state index contributed by atoms with van der Waals surface area (Å²) in [6.07, 6.45) is 7.24. The monoisotopic (exact) mass is 436 g/mol. The van der Waals surface area contributed by atoms with Gasteiger partial charge in [0, 0.05) is 18.7 Å². The number of likely N-dealkylation sites (tertiary alicyclic amines) is 1. The van der Waals surface area contributed by atoms with Gasteiger partial charge in [0.05, 0.1) is 24.0 Å². The third-order valence-corrected chi connectivity index (χ3v) is 7.45. The fraction of sp³-hybridized carbons (Fsp3) is 0.520. The summed E-state index contributed by atoms with van der Waals surface area (Å²) in [6, 6.07) is 6.50. The van der Waals surface area contributed by atoms with Crippen LogP contribution in [0.2, 0.25) is 0 Å². The number of hydrogen-bond donors (Lipinski definition) is 1. The highest BCUT2D eigenvalue weighted by atomic mass is 16.5. The number of hydrogen-bond acceptors (Lipinski definition) is 5. The Hall–Kier alpha value is -2.96. The average Bonchev–Trinajstić information content (AvgIpc) is 3.57. The van der Waals surface area contributed by atoms with Crippen LogP contribution in [0.4, 0.5) is 5.69 Å². The lowest BCUT2D eigenvalue weighted by Gasteiger charge is -2.37. The summed E-state index contributed by atoms with van der Waals surface area (Å²) in [5.41, 5.74) is 0.978. The maximum Gasteiger partial charge on any atom is 0.338 e. The third-order valence-electron chi connectivity index (χ3n) is 7.45. The number of benzene rings is 1. The van der Waals surface area contributed by atoms with E-state index in [0.717, 1.165) is 19.3 Å². The Labute approximate surface area is 187 Å². The number of nitrogens with one attached hydrogen (secondary N) is 1. The molecule has 0 aromatic heterocycles. The van der Waals surface area contributed by atoms with E-state index in [-0.39, 0.29) is 60.3 Å². The molecule has 5 aliphatic rings. The molecule has 1 N–H and O–H groups in total. The highest BCUT2D eigenvalue weighted by Crippen LogP contribution is 2.65. The van der Waals surface area contributed by atoms with Crippen LogP contribution in [0.15, 0.2) is 36.4 Å². The molecule has 7 nitrogen and oxygen atoms in total. The second-order valence-electron chi connectivity index (χ2n) is 9.35. The molecule has 168 valence electrons. The number of ether oxygens (including phenoxy) is 1. The van der Waals surface area contributed by atoms with Crippen molar-refractivity contribution in [1.82, 2.24) is 4.90 Å². The Balaban J connectivity index is 1.14. The molecule has 4 aliphatic carbocycles. The SMILES string of the molecule is CCCCOC(=O)c1ccc(NC(=O)CCN2C(=O)[C@H]3[C@@H]4C=C[C@H]([C@H]5C[C@H]45)[C@@H]3C2=O)cc1. The summed E-state index contributed by atoms with van der Waals surface area (Å²) in [6.45, 7) is 2.52. The van der Waals surface area contributed by atoms with E-state index in [0.29, 0.717) is 29.7 Å². The van der Waals surface area contributed by atoms with Crippen LogP contribution in [0.3, 0.4) is 0 Å². The quantitative estimate of drug-likeness (QED) is 0.293. The van der Waals surface area contributed by atoms with Crippen LogP contribution in [0.25, 0.3) is 0 Å². The zero-order valence-electron chi connectivity index (χ0n) is 18.2. The number of imide groups is 1. The summed E-state index contributed by atoms with van der Waals surface area (Å²) in [5, 5.41) is 2.77. The van der Waals surface area contributed by atoms with E-state index in [1.807, 2.05) is 6.92 Å². The van der Waals surface area contributed by atoms with Gasteiger partial charge < -0.3 is 10.1 Å². The van der Waals surface area contributed by atoms with E-state index in [1.54, 1.807) is 24.3 Å².